The number of amides is 1. The number of anilines is 1. The second kappa shape index (κ2) is 6.06. The summed E-state index contributed by atoms with van der Waals surface area (Å²) >= 11 is 0. The number of carbonyl (C=O) groups is 1. The van der Waals surface area contributed by atoms with Crippen LogP contribution in [0.4, 0.5) is 5.69 Å². The molecule has 3 N–H and O–H groups in total. The summed E-state index contributed by atoms with van der Waals surface area (Å²) in [5.41, 5.74) is 6.78. The minimum absolute atomic E-state index is 0.300. The third-order valence-corrected chi connectivity index (χ3v) is 2.58. The second-order valence-corrected chi connectivity index (χ2v) is 4.02. The van der Waals surface area contributed by atoms with Crippen LogP contribution in [0.1, 0.15) is 16.1 Å². The quantitative estimate of drug-likeness (QED) is 0.863. The molecule has 0 spiro atoms. The summed E-state index contributed by atoms with van der Waals surface area (Å²) in [5.74, 6) is 0.588. The van der Waals surface area contributed by atoms with Gasteiger partial charge in [-0.15, -0.1) is 0 Å². The number of nitrogens with one attached hydrogen (secondary N) is 1. The molecular formula is C14H16N2O3. The van der Waals surface area contributed by atoms with Crippen molar-refractivity contribution in [2.24, 2.45) is 5.73 Å². The Hall–Kier alpha value is -2.27. The number of rotatable bonds is 5. The van der Waals surface area contributed by atoms with Gasteiger partial charge in [0.05, 0.1) is 12.0 Å². The molecule has 100 valence electrons. The third kappa shape index (κ3) is 3.14. The number of nitrogens with two attached hydrogens (primary N) is 1. The molecule has 0 aliphatic rings. The molecule has 1 aromatic heterocycles. The zero-order chi connectivity index (χ0) is 13.7. The van der Waals surface area contributed by atoms with E-state index in [0.29, 0.717) is 30.3 Å². The van der Waals surface area contributed by atoms with E-state index in [4.69, 9.17) is 14.9 Å². The Balaban J connectivity index is 2.15. The number of aryl methyl sites for hydroxylation is 1. The number of para-hydroxylation sites is 2. The predicted molar refractivity (Wildman–Crippen MR) is 72.4 cm³/mol. The summed E-state index contributed by atoms with van der Waals surface area (Å²) in [6, 6.07) is 8.94. The molecule has 1 heterocycles. The summed E-state index contributed by atoms with van der Waals surface area (Å²) in [4.78, 5) is 12.0. The summed E-state index contributed by atoms with van der Waals surface area (Å²) < 4.78 is 10.6. The highest BCUT2D eigenvalue weighted by Crippen LogP contribution is 2.24. The molecule has 2 rings (SSSR count). The predicted octanol–water partition coefficient (Wildman–Crippen LogP) is 2.18. The molecule has 0 unspecified atom stereocenters. The molecule has 0 saturated carbocycles. The molecule has 0 bridgehead atoms. The third-order valence-electron chi connectivity index (χ3n) is 2.58. The molecule has 2 aromatic rings. The van der Waals surface area contributed by atoms with Crippen molar-refractivity contribution in [1.82, 2.24) is 0 Å². The first-order valence-electron chi connectivity index (χ1n) is 5.99. The van der Waals surface area contributed by atoms with Gasteiger partial charge >= 0.3 is 0 Å². The lowest BCUT2D eigenvalue weighted by atomic mass is 10.2. The van der Waals surface area contributed by atoms with E-state index in [0.717, 1.165) is 5.56 Å². The highest BCUT2D eigenvalue weighted by Gasteiger charge is 2.14. The fourth-order valence-electron chi connectivity index (χ4n) is 1.65. The van der Waals surface area contributed by atoms with E-state index < -0.39 is 0 Å². The fraction of sp³-hybridized carbons (Fsp3) is 0.214. The van der Waals surface area contributed by atoms with Gasteiger partial charge in [-0.3, -0.25) is 4.79 Å². The highest BCUT2D eigenvalue weighted by molar-refractivity contribution is 6.03. The van der Waals surface area contributed by atoms with Crippen molar-refractivity contribution in [3.8, 4) is 5.75 Å². The number of hydrogen-bond donors (Lipinski definition) is 2. The molecular weight excluding hydrogens is 244 g/mol. The first-order valence-corrected chi connectivity index (χ1v) is 5.99. The van der Waals surface area contributed by atoms with Crippen LogP contribution in [-0.4, -0.2) is 19.1 Å². The Morgan fingerprint density at radius 2 is 2.16 bits per heavy atom. The largest absolute Gasteiger partial charge is 0.490 e. The second-order valence-electron chi connectivity index (χ2n) is 4.02. The standard InChI is InChI=1S/C14H16N2O3/c1-10-6-8-19-13(10)14(17)16-11-4-2-3-5-12(11)18-9-7-15/h2-6,8H,7,9,15H2,1H3,(H,16,17). The van der Waals surface area contributed by atoms with Crippen LogP contribution in [0.15, 0.2) is 41.0 Å². The molecule has 1 amide bonds. The topological polar surface area (TPSA) is 77.5 Å². The van der Waals surface area contributed by atoms with Crippen molar-refractivity contribution in [1.29, 1.82) is 0 Å². The smallest absolute Gasteiger partial charge is 0.291 e. The van der Waals surface area contributed by atoms with Crippen LogP contribution in [0.5, 0.6) is 5.75 Å². The van der Waals surface area contributed by atoms with Crippen LogP contribution in [0.25, 0.3) is 0 Å². The van der Waals surface area contributed by atoms with E-state index in [1.165, 1.54) is 6.26 Å². The zero-order valence-electron chi connectivity index (χ0n) is 10.7. The first kappa shape index (κ1) is 13.2. The number of furan rings is 1. The minimum Gasteiger partial charge on any atom is -0.490 e. The number of carbonyl (C=O) groups excluding carboxylic acids is 1. The summed E-state index contributed by atoms with van der Waals surface area (Å²) in [6.45, 7) is 2.63. The molecule has 0 atom stereocenters. The van der Waals surface area contributed by atoms with Crippen LogP contribution in [0.2, 0.25) is 0 Å². The van der Waals surface area contributed by atoms with Crippen LogP contribution in [-0.2, 0) is 0 Å². The lowest BCUT2D eigenvalue weighted by Gasteiger charge is -2.11. The van der Waals surface area contributed by atoms with Gasteiger partial charge in [-0.1, -0.05) is 12.1 Å². The van der Waals surface area contributed by atoms with Crippen LogP contribution < -0.4 is 15.8 Å². The Labute approximate surface area is 111 Å². The van der Waals surface area contributed by atoms with E-state index in [9.17, 15) is 4.79 Å². The van der Waals surface area contributed by atoms with Crippen molar-refractivity contribution < 1.29 is 13.9 Å². The molecule has 0 radical (unpaired) electrons. The normalized spacial score (nSPS) is 10.2. The van der Waals surface area contributed by atoms with Gasteiger partial charge in [0, 0.05) is 12.1 Å². The molecule has 19 heavy (non-hydrogen) atoms. The van der Waals surface area contributed by atoms with Crippen LogP contribution in [0.3, 0.4) is 0 Å². The number of ether oxygens (including phenoxy) is 1. The Morgan fingerprint density at radius 3 is 2.84 bits per heavy atom. The van der Waals surface area contributed by atoms with Gasteiger partial charge in [-0.25, -0.2) is 0 Å². The molecule has 5 heteroatoms. The van der Waals surface area contributed by atoms with Gasteiger partial charge in [-0.2, -0.15) is 0 Å². The first-order chi connectivity index (χ1) is 9.22. The molecule has 0 saturated heterocycles. The number of hydrogen-bond acceptors (Lipinski definition) is 4. The highest BCUT2D eigenvalue weighted by atomic mass is 16.5. The van der Waals surface area contributed by atoms with E-state index >= 15 is 0 Å². The lowest BCUT2D eigenvalue weighted by molar-refractivity contribution is 0.0995. The monoisotopic (exact) mass is 260 g/mol. The molecule has 0 fully saturated rings. The van der Waals surface area contributed by atoms with E-state index in [1.807, 2.05) is 19.1 Å². The van der Waals surface area contributed by atoms with Crippen molar-refractivity contribution in [2.45, 2.75) is 6.92 Å². The Morgan fingerprint density at radius 1 is 1.37 bits per heavy atom. The lowest BCUT2D eigenvalue weighted by Crippen LogP contribution is -2.15. The van der Waals surface area contributed by atoms with Crippen molar-refractivity contribution >= 4 is 11.6 Å². The average Bonchev–Trinajstić information content (AvgIpc) is 2.84. The molecule has 5 nitrogen and oxygen atoms in total. The SMILES string of the molecule is Cc1ccoc1C(=O)Nc1ccccc1OCCN. The van der Waals surface area contributed by atoms with Gasteiger partial charge in [0.2, 0.25) is 0 Å². The Kier molecular flexibility index (Phi) is 4.20. The fourth-order valence-corrected chi connectivity index (χ4v) is 1.65. The van der Waals surface area contributed by atoms with Gasteiger partial charge in [-0.05, 0) is 25.1 Å². The molecule has 0 aliphatic heterocycles. The van der Waals surface area contributed by atoms with Gasteiger partial charge in [0.1, 0.15) is 12.4 Å². The van der Waals surface area contributed by atoms with Gasteiger partial charge in [0.15, 0.2) is 5.76 Å². The molecule has 0 aliphatic carbocycles. The van der Waals surface area contributed by atoms with E-state index in [-0.39, 0.29) is 5.91 Å². The van der Waals surface area contributed by atoms with E-state index in [2.05, 4.69) is 5.32 Å². The summed E-state index contributed by atoms with van der Waals surface area (Å²) in [6.07, 6.45) is 1.49. The average molecular weight is 260 g/mol. The summed E-state index contributed by atoms with van der Waals surface area (Å²) in [5, 5.41) is 2.76. The van der Waals surface area contributed by atoms with Gasteiger partial charge in [0.25, 0.3) is 5.91 Å². The van der Waals surface area contributed by atoms with Gasteiger partial charge < -0.3 is 20.2 Å². The van der Waals surface area contributed by atoms with Crippen LogP contribution >= 0.6 is 0 Å². The maximum absolute atomic E-state index is 12.0. The van der Waals surface area contributed by atoms with E-state index in [1.54, 1.807) is 18.2 Å². The van der Waals surface area contributed by atoms with Crippen molar-refractivity contribution in [3.63, 3.8) is 0 Å². The van der Waals surface area contributed by atoms with Crippen molar-refractivity contribution in [2.75, 3.05) is 18.5 Å². The molecule has 1 aromatic carbocycles. The Bertz CT molecular complexity index is 563. The van der Waals surface area contributed by atoms with Crippen LogP contribution in [0, 0.1) is 6.92 Å². The maximum Gasteiger partial charge on any atom is 0.291 e. The maximum atomic E-state index is 12.0. The zero-order valence-corrected chi connectivity index (χ0v) is 10.7. The summed E-state index contributed by atoms with van der Waals surface area (Å²) in [7, 11) is 0. The number of benzene rings is 1. The minimum atomic E-state index is -0.300. The van der Waals surface area contributed by atoms with Crippen molar-refractivity contribution in [3.05, 3.63) is 47.9 Å².